The molecule has 1 aliphatic carbocycles. The number of carbonyl (C=O) groups is 1. The lowest BCUT2D eigenvalue weighted by atomic mass is 9.92. The summed E-state index contributed by atoms with van der Waals surface area (Å²) in [5, 5.41) is 3.32. The summed E-state index contributed by atoms with van der Waals surface area (Å²) in [5.41, 5.74) is 13.4. The number of nitrogens with one attached hydrogen (secondary N) is 1. The zero-order valence-electron chi connectivity index (χ0n) is 11.0. The van der Waals surface area contributed by atoms with E-state index in [4.69, 9.17) is 11.5 Å². The smallest absolute Gasteiger partial charge is 0.250 e. The van der Waals surface area contributed by atoms with E-state index in [9.17, 15) is 4.79 Å². The number of primary amides is 1. The molecule has 4 nitrogen and oxygen atoms in total. The Morgan fingerprint density at radius 2 is 2.11 bits per heavy atom. The molecule has 5 N–H and O–H groups in total. The Balaban J connectivity index is 2.17. The summed E-state index contributed by atoms with van der Waals surface area (Å²) in [5.74, 6) is 0.186. The molecule has 1 aliphatic rings. The summed E-state index contributed by atoms with van der Waals surface area (Å²) in [6.45, 7) is 5.31. The first kappa shape index (κ1) is 12.7. The highest BCUT2D eigenvalue weighted by atomic mass is 16.1. The molecular formula is C14H21N3O. The van der Waals surface area contributed by atoms with Gasteiger partial charge in [-0.3, -0.25) is 4.79 Å². The Morgan fingerprint density at radius 1 is 1.44 bits per heavy atom. The van der Waals surface area contributed by atoms with Crippen molar-refractivity contribution in [2.45, 2.75) is 26.7 Å². The van der Waals surface area contributed by atoms with E-state index in [2.05, 4.69) is 19.2 Å². The van der Waals surface area contributed by atoms with Crippen molar-refractivity contribution >= 4 is 17.3 Å². The van der Waals surface area contributed by atoms with Crippen molar-refractivity contribution in [1.82, 2.24) is 0 Å². The third-order valence-corrected chi connectivity index (χ3v) is 4.10. The third kappa shape index (κ3) is 2.28. The maximum absolute atomic E-state index is 11.4. The lowest BCUT2D eigenvalue weighted by Crippen LogP contribution is -2.23. The average molecular weight is 247 g/mol. The SMILES string of the molecule is CC(C)C1(CNc2c(N)cccc2C(N)=O)CC1. The molecule has 1 aromatic rings. The summed E-state index contributed by atoms with van der Waals surface area (Å²) < 4.78 is 0. The molecule has 0 aliphatic heterocycles. The third-order valence-electron chi connectivity index (χ3n) is 4.10. The monoisotopic (exact) mass is 247 g/mol. The lowest BCUT2D eigenvalue weighted by Gasteiger charge is -2.22. The van der Waals surface area contributed by atoms with Crippen molar-refractivity contribution in [3.8, 4) is 0 Å². The van der Waals surface area contributed by atoms with Gasteiger partial charge in [0.25, 0.3) is 5.91 Å². The molecule has 1 saturated carbocycles. The van der Waals surface area contributed by atoms with Gasteiger partial charge in [-0.1, -0.05) is 19.9 Å². The summed E-state index contributed by atoms with van der Waals surface area (Å²) in [4.78, 5) is 11.4. The fraction of sp³-hybridized carbons (Fsp3) is 0.500. The highest BCUT2D eigenvalue weighted by molar-refractivity contribution is 6.01. The second-order valence-electron chi connectivity index (χ2n) is 5.50. The van der Waals surface area contributed by atoms with Crippen LogP contribution in [0.2, 0.25) is 0 Å². The minimum absolute atomic E-state index is 0.358. The largest absolute Gasteiger partial charge is 0.397 e. The van der Waals surface area contributed by atoms with Crippen LogP contribution >= 0.6 is 0 Å². The summed E-state index contributed by atoms with van der Waals surface area (Å²) in [7, 11) is 0. The Bertz CT molecular complexity index is 464. The zero-order valence-corrected chi connectivity index (χ0v) is 11.0. The van der Waals surface area contributed by atoms with E-state index in [1.54, 1.807) is 18.2 Å². The number of amides is 1. The fourth-order valence-electron chi connectivity index (χ4n) is 2.36. The molecule has 18 heavy (non-hydrogen) atoms. The topological polar surface area (TPSA) is 81.1 Å². The number of benzene rings is 1. The van der Waals surface area contributed by atoms with E-state index in [-0.39, 0.29) is 0 Å². The van der Waals surface area contributed by atoms with Crippen LogP contribution in [0.4, 0.5) is 11.4 Å². The molecule has 4 heteroatoms. The van der Waals surface area contributed by atoms with Crippen LogP contribution in [0.5, 0.6) is 0 Å². The van der Waals surface area contributed by atoms with Gasteiger partial charge in [0.1, 0.15) is 0 Å². The normalized spacial score (nSPS) is 16.6. The van der Waals surface area contributed by atoms with Gasteiger partial charge in [-0.25, -0.2) is 0 Å². The molecule has 0 radical (unpaired) electrons. The Labute approximate surface area is 108 Å². The number of rotatable bonds is 5. The number of nitrogens with two attached hydrogens (primary N) is 2. The molecule has 2 rings (SSSR count). The van der Waals surface area contributed by atoms with Crippen LogP contribution in [0.3, 0.4) is 0 Å². The van der Waals surface area contributed by atoms with E-state index in [0.29, 0.717) is 28.3 Å². The Morgan fingerprint density at radius 3 is 2.61 bits per heavy atom. The molecule has 98 valence electrons. The van der Waals surface area contributed by atoms with Gasteiger partial charge in [0, 0.05) is 6.54 Å². The standard InChI is InChI=1S/C14H21N3O/c1-9(2)14(6-7-14)8-17-12-10(13(16)18)4-3-5-11(12)15/h3-5,9,17H,6-8,15H2,1-2H3,(H2,16,18). The van der Waals surface area contributed by atoms with Gasteiger partial charge in [-0.2, -0.15) is 0 Å². The fourth-order valence-corrected chi connectivity index (χ4v) is 2.36. The summed E-state index contributed by atoms with van der Waals surface area (Å²) in [6, 6.07) is 5.23. The van der Waals surface area contributed by atoms with Crippen molar-refractivity contribution in [2.24, 2.45) is 17.1 Å². The van der Waals surface area contributed by atoms with E-state index < -0.39 is 5.91 Å². The van der Waals surface area contributed by atoms with Crippen molar-refractivity contribution in [3.63, 3.8) is 0 Å². The molecule has 1 fully saturated rings. The maximum Gasteiger partial charge on any atom is 0.250 e. The summed E-state index contributed by atoms with van der Waals surface area (Å²) in [6.07, 6.45) is 2.46. The van der Waals surface area contributed by atoms with Gasteiger partial charge in [-0.15, -0.1) is 0 Å². The van der Waals surface area contributed by atoms with Crippen LogP contribution in [-0.2, 0) is 0 Å². The molecule has 0 bridgehead atoms. The highest BCUT2D eigenvalue weighted by Crippen LogP contribution is 2.51. The molecule has 1 aromatic carbocycles. The molecule has 0 atom stereocenters. The first-order valence-corrected chi connectivity index (χ1v) is 6.38. The molecule has 0 spiro atoms. The number of hydrogen-bond acceptors (Lipinski definition) is 3. The number of anilines is 2. The molecule has 0 heterocycles. The predicted molar refractivity (Wildman–Crippen MR) is 74.4 cm³/mol. The van der Waals surface area contributed by atoms with Crippen LogP contribution < -0.4 is 16.8 Å². The predicted octanol–water partition coefficient (Wildman–Crippen LogP) is 2.22. The number of para-hydroxylation sites is 1. The Hall–Kier alpha value is -1.71. The summed E-state index contributed by atoms with van der Waals surface area (Å²) >= 11 is 0. The van der Waals surface area contributed by atoms with Gasteiger partial charge in [0.2, 0.25) is 0 Å². The van der Waals surface area contributed by atoms with Crippen LogP contribution in [-0.4, -0.2) is 12.5 Å². The maximum atomic E-state index is 11.4. The minimum atomic E-state index is -0.445. The quantitative estimate of drug-likeness (QED) is 0.698. The van der Waals surface area contributed by atoms with Crippen LogP contribution in [0.1, 0.15) is 37.0 Å². The number of nitrogen functional groups attached to an aromatic ring is 1. The molecule has 0 aromatic heterocycles. The van der Waals surface area contributed by atoms with Crippen molar-refractivity contribution < 1.29 is 4.79 Å². The molecule has 1 amide bonds. The number of hydrogen-bond donors (Lipinski definition) is 3. The van der Waals surface area contributed by atoms with Crippen LogP contribution in [0.15, 0.2) is 18.2 Å². The van der Waals surface area contributed by atoms with E-state index >= 15 is 0 Å². The van der Waals surface area contributed by atoms with Gasteiger partial charge >= 0.3 is 0 Å². The van der Waals surface area contributed by atoms with Crippen molar-refractivity contribution in [1.29, 1.82) is 0 Å². The zero-order chi connectivity index (χ0) is 13.3. The Kier molecular flexibility index (Phi) is 3.20. The van der Waals surface area contributed by atoms with E-state index in [1.807, 2.05) is 0 Å². The van der Waals surface area contributed by atoms with E-state index in [0.717, 1.165) is 6.54 Å². The van der Waals surface area contributed by atoms with Crippen LogP contribution in [0, 0.1) is 11.3 Å². The van der Waals surface area contributed by atoms with Gasteiger partial charge in [0.15, 0.2) is 0 Å². The molecule has 0 unspecified atom stereocenters. The van der Waals surface area contributed by atoms with Crippen molar-refractivity contribution in [3.05, 3.63) is 23.8 Å². The second kappa shape index (κ2) is 4.52. The van der Waals surface area contributed by atoms with E-state index in [1.165, 1.54) is 12.8 Å². The van der Waals surface area contributed by atoms with Crippen molar-refractivity contribution in [2.75, 3.05) is 17.6 Å². The lowest BCUT2D eigenvalue weighted by molar-refractivity contribution is 0.100. The van der Waals surface area contributed by atoms with Gasteiger partial charge in [-0.05, 0) is 36.3 Å². The molecular weight excluding hydrogens is 226 g/mol. The van der Waals surface area contributed by atoms with Gasteiger partial charge < -0.3 is 16.8 Å². The molecule has 0 saturated heterocycles. The van der Waals surface area contributed by atoms with Crippen LogP contribution in [0.25, 0.3) is 0 Å². The van der Waals surface area contributed by atoms with Gasteiger partial charge in [0.05, 0.1) is 16.9 Å². The first-order chi connectivity index (χ1) is 8.46. The average Bonchev–Trinajstić information content (AvgIpc) is 3.08. The first-order valence-electron chi connectivity index (χ1n) is 6.38. The highest BCUT2D eigenvalue weighted by Gasteiger charge is 2.45. The minimum Gasteiger partial charge on any atom is -0.397 e. The number of carbonyl (C=O) groups excluding carboxylic acids is 1. The second-order valence-corrected chi connectivity index (χ2v) is 5.50.